The first kappa shape index (κ1) is 18.3. The van der Waals surface area contributed by atoms with Crippen LogP contribution in [-0.4, -0.2) is 36.5 Å². The van der Waals surface area contributed by atoms with Gasteiger partial charge in [0.25, 0.3) is 5.91 Å². The van der Waals surface area contributed by atoms with Crippen LogP contribution in [0.1, 0.15) is 32.6 Å². The summed E-state index contributed by atoms with van der Waals surface area (Å²) in [6.07, 6.45) is 4.19. The van der Waals surface area contributed by atoms with Crippen LogP contribution in [0.25, 0.3) is 0 Å². The molecule has 2 aliphatic rings. The van der Waals surface area contributed by atoms with E-state index in [1.54, 1.807) is 6.92 Å². The number of carbonyl (C=O) groups excluding carboxylic acids is 3. The minimum absolute atomic E-state index is 0.0986. The number of nitrogens with one attached hydrogen (secondary N) is 4. The van der Waals surface area contributed by atoms with Gasteiger partial charge in [-0.05, 0) is 25.8 Å². The number of rotatable bonds is 4. The Morgan fingerprint density at radius 3 is 2.77 bits per heavy atom. The van der Waals surface area contributed by atoms with Crippen molar-refractivity contribution < 1.29 is 19.1 Å². The molecule has 3 rings (SSSR count). The van der Waals surface area contributed by atoms with Crippen molar-refractivity contribution in [1.29, 1.82) is 0 Å². The van der Waals surface area contributed by atoms with Crippen molar-refractivity contribution in [3.05, 3.63) is 17.2 Å². The fourth-order valence-electron chi connectivity index (χ4n) is 3.01. The first-order chi connectivity index (χ1) is 12.4. The molecule has 4 N–H and O–H groups in total. The van der Waals surface area contributed by atoms with Crippen LogP contribution in [0, 0.1) is 0 Å². The summed E-state index contributed by atoms with van der Waals surface area (Å²) in [5.74, 6) is -0.0694. The number of fused-ring (bicyclic) bond motifs is 1. The van der Waals surface area contributed by atoms with E-state index in [1.165, 1.54) is 12.1 Å². The molecule has 1 aromatic rings. The number of hydrogen-bond donors (Lipinski definition) is 4. The number of anilines is 2. The summed E-state index contributed by atoms with van der Waals surface area (Å²) >= 11 is 6.14. The van der Waals surface area contributed by atoms with E-state index < -0.39 is 12.1 Å². The van der Waals surface area contributed by atoms with Crippen LogP contribution in [0.2, 0.25) is 5.02 Å². The van der Waals surface area contributed by atoms with Crippen molar-refractivity contribution in [1.82, 2.24) is 10.6 Å². The van der Waals surface area contributed by atoms with Crippen LogP contribution < -0.4 is 26.0 Å². The van der Waals surface area contributed by atoms with Gasteiger partial charge in [-0.15, -0.1) is 0 Å². The second-order valence-corrected chi connectivity index (χ2v) is 6.88. The van der Waals surface area contributed by atoms with Crippen molar-refractivity contribution in [2.45, 2.75) is 44.7 Å². The lowest BCUT2D eigenvalue weighted by molar-refractivity contribution is -0.123. The Labute approximate surface area is 156 Å². The lowest BCUT2D eigenvalue weighted by atomic mass is 10.2. The molecule has 140 valence electrons. The zero-order valence-electron chi connectivity index (χ0n) is 14.4. The molecule has 1 aromatic carbocycles. The van der Waals surface area contributed by atoms with Gasteiger partial charge in [-0.1, -0.05) is 24.4 Å². The van der Waals surface area contributed by atoms with Gasteiger partial charge in [0.15, 0.2) is 6.61 Å². The highest BCUT2D eigenvalue weighted by atomic mass is 35.5. The SMILES string of the molecule is CC(NC(=O)Nc1cc2c(cc1Cl)NC(=O)CO2)C(=O)NC1CCCC1. The quantitative estimate of drug-likeness (QED) is 0.642. The Bertz CT molecular complexity index is 734. The van der Waals surface area contributed by atoms with Gasteiger partial charge in [0.05, 0.1) is 16.4 Å². The third-order valence-corrected chi connectivity index (χ3v) is 4.71. The zero-order chi connectivity index (χ0) is 18.7. The highest BCUT2D eigenvalue weighted by Gasteiger charge is 2.23. The molecule has 8 nitrogen and oxygen atoms in total. The molecule has 0 spiro atoms. The van der Waals surface area contributed by atoms with E-state index in [0.717, 1.165) is 25.7 Å². The monoisotopic (exact) mass is 380 g/mol. The van der Waals surface area contributed by atoms with E-state index in [1.807, 2.05) is 0 Å². The lowest BCUT2D eigenvalue weighted by Gasteiger charge is -2.21. The Hall–Kier alpha value is -2.48. The lowest BCUT2D eigenvalue weighted by Crippen LogP contribution is -2.48. The van der Waals surface area contributed by atoms with E-state index in [0.29, 0.717) is 17.1 Å². The maximum Gasteiger partial charge on any atom is 0.319 e. The van der Waals surface area contributed by atoms with Crippen molar-refractivity contribution >= 4 is 40.8 Å². The molecule has 1 saturated carbocycles. The first-order valence-electron chi connectivity index (χ1n) is 8.56. The van der Waals surface area contributed by atoms with Crippen molar-refractivity contribution in [2.75, 3.05) is 17.2 Å². The fraction of sp³-hybridized carbons (Fsp3) is 0.471. The number of hydrogen-bond acceptors (Lipinski definition) is 4. The molecule has 1 unspecified atom stereocenters. The molecule has 4 amide bonds. The largest absolute Gasteiger partial charge is 0.482 e. The Morgan fingerprint density at radius 2 is 2.04 bits per heavy atom. The molecule has 1 atom stereocenters. The molecule has 0 bridgehead atoms. The van der Waals surface area contributed by atoms with E-state index in [-0.39, 0.29) is 29.5 Å². The fourth-order valence-corrected chi connectivity index (χ4v) is 3.22. The molecular weight excluding hydrogens is 360 g/mol. The van der Waals surface area contributed by atoms with E-state index in [4.69, 9.17) is 16.3 Å². The van der Waals surface area contributed by atoms with Crippen molar-refractivity contribution in [3.8, 4) is 5.75 Å². The Balaban J connectivity index is 1.57. The minimum Gasteiger partial charge on any atom is -0.482 e. The summed E-state index contributed by atoms with van der Waals surface area (Å²) in [6, 6.07) is 1.99. The third-order valence-electron chi connectivity index (χ3n) is 4.39. The average molecular weight is 381 g/mol. The van der Waals surface area contributed by atoms with Gasteiger partial charge in [0, 0.05) is 12.1 Å². The van der Waals surface area contributed by atoms with Crippen LogP contribution in [0.15, 0.2) is 12.1 Å². The molecule has 1 heterocycles. The number of urea groups is 1. The van der Waals surface area contributed by atoms with Gasteiger partial charge in [0.1, 0.15) is 11.8 Å². The maximum absolute atomic E-state index is 12.2. The smallest absolute Gasteiger partial charge is 0.319 e. The van der Waals surface area contributed by atoms with Gasteiger partial charge in [0.2, 0.25) is 5.91 Å². The predicted octanol–water partition coefficient (Wildman–Crippen LogP) is 2.24. The van der Waals surface area contributed by atoms with Crippen molar-refractivity contribution in [3.63, 3.8) is 0 Å². The summed E-state index contributed by atoms with van der Waals surface area (Å²) in [5, 5.41) is 11.0. The average Bonchev–Trinajstić information content (AvgIpc) is 3.08. The number of carbonyl (C=O) groups is 3. The van der Waals surface area contributed by atoms with Crippen molar-refractivity contribution in [2.24, 2.45) is 0 Å². The molecule has 0 aromatic heterocycles. The number of halogens is 1. The zero-order valence-corrected chi connectivity index (χ0v) is 15.1. The van der Waals surface area contributed by atoms with E-state index in [2.05, 4.69) is 21.3 Å². The highest BCUT2D eigenvalue weighted by molar-refractivity contribution is 6.34. The molecular formula is C17H21ClN4O4. The second-order valence-electron chi connectivity index (χ2n) is 6.48. The van der Waals surface area contributed by atoms with Gasteiger partial charge >= 0.3 is 6.03 Å². The molecule has 9 heteroatoms. The molecule has 1 aliphatic carbocycles. The Morgan fingerprint density at radius 1 is 1.31 bits per heavy atom. The summed E-state index contributed by atoms with van der Waals surface area (Å²) < 4.78 is 5.30. The summed E-state index contributed by atoms with van der Waals surface area (Å²) in [6.45, 7) is 1.52. The molecule has 1 fully saturated rings. The van der Waals surface area contributed by atoms with Crippen LogP contribution in [-0.2, 0) is 9.59 Å². The van der Waals surface area contributed by atoms with Crippen LogP contribution in [0.3, 0.4) is 0 Å². The summed E-state index contributed by atoms with van der Waals surface area (Å²) in [7, 11) is 0. The van der Waals surface area contributed by atoms with Gasteiger partial charge in [-0.25, -0.2) is 4.79 Å². The predicted molar refractivity (Wildman–Crippen MR) is 97.6 cm³/mol. The summed E-state index contributed by atoms with van der Waals surface area (Å²) in [5.41, 5.74) is 0.768. The standard InChI is InChI=1S/C17H21ClN4O4/c1-9(16(24)20-10-4-2-3-5-10)19-17(25)22-12-7-14-13(6-11(12)18)21-15(23)8-26-14/h6-7,9-10H,2-5,8H2,1H3,(H,20,24)(H,21,23)(H2,19,22,25). The Kier molecular flexibility index (Phi) is 5.51. The van der Waals surface area contributed by atoms with Crippen LogP contribution in [0.5, 0.6) is 5.75 Å². The van der Waals surface area contributed by atoms with Gasteiger partial charge < -0.3 is 26.0 Å². The maximum atomic E-state index is 12.2. The molecule has 0 saturated heterocycles. The normalized spacial score (nSPS) is 17.5. The van der Waals surface area contributed by atoms with Gasteiger partial charge in [-0.2, -0.15) is 0 Å². The highest BCUT2D eigenvalue weighted by Crippen LogP contribution is 2.36. The third kappa shape index (κ3) is 4.37. The number of ether oxygens (including phenoxy) is 1. The number of benzene rings is 1. The second kappa shape index (κ2) is 7.82. The minimum atomic E-state index is -0.678. The molecule has 26 heavy (non-hydrogen) atoms. The molecule has 0 radical (unpaired) electrons. The first-order valence-corrected chi connectivity index (χ1v) is 8.94. The van der Waals surface area contributed by atoms with E-state index in [9.17, 15) is 14.4 Å². The van der Waals surface area contributed by atoms with E-state index >= 15 is 0 Å². The number of amides is 4. The topological polar surface area (TPSA) is 109 Å². The van der Waals surface area contributed by atoms with Gasteiger partial charge in [-0.3, -0.25) is 9.59 Å². The molecule has 1 aliphatic heterocycles. The van der Waals surface area contributed by atoms with Crippen LogP contribution in [0.4, 0.5) is 16.2 Å². The summed E-state index contributed by atoms with van der Waals surface area (Å²) in [4.78, 5) is 35.6. The van der Waals surface area contributed by atoms with Crippen LogP contribution >= 0.6 is 11.6 Å².